The van der Waals surface area contributed by atoms with Crippen LogP contribution in [0.1, 0.15) is 22.8 Å². The standard InChI is InChI=1S/C24H23NO6/c1-4-25-21(23(28)31-3)20(22(27)30-2)18(15-19(26)16-11-7-5-8-12-16)24(25,29)17-13-9-6-10-14-17/h5-15,29H,4H2,1-3H3. The zero-order chi connectivity index (χ0) is 22.6. The summed E-state index contributed by atoms with van der Waals surface area (Å²) in [5, 5.41) is 12.0. The molecule has 0 amide bonds. The molecular formula is C24H23NO6. The van der Waals surface area contributed by atoms with Crippen LogP contribution in [0.25, 0.3) is 0 Å². The number of likely N-dealkylation sites (N-methyl/N-ethyl adjacent to an activating group) is 1. The van der Waals surface area contributed by atoms with Crippen LogP contribution in [0.3, 0.4) is 0 Å². The second-order valence-electron chi connectivity index (χ2n) is 6.78. The molecule has 2 aromatic carbocycles. The number of allylic oxidation sites excluding steroid dienone is 1. The molecule has 7 nitrogen and oxygen atoms in total. The van der Waals surface area contributed by atoms with Crippen molar-refractivity contribution in [1.82, 2.24) is 4.90 Å². The fourth-order valence-electron chi connectivity index (χ4n) is 3.72. The number of ether oxygens (including phenoxy) is 2. The van der Waals surface area contributed by atoms with Crippen molar-refractivity contribution in [3.8, 4) is 0 Å². The van der Waals surface area contributed by atoms with Crippen LogP contribution >= 0.6 is 0 Å². The predicted molar refractivity (Wildman–Crippen MR) is 113 cm³/mol. The van der Waals surface area contributed by atoms with Crippen LogP contribution < -0.4 is 0 Å². The van der Waals surface area contributed by atoms with Gasteiger partial charge < -0.3 is 19.5 Å². The van der Waals surface area contributed by atoms with Gasteiger partial charge in [0.1, 0.15) is 5.70 Å². The zero-order valence-electron chi connectivity index (χ0n) is 17.5. The van der Waals surface area contributed by atoms with Gasteiger partial charge in [-0.1, -0.05) is 60.7 Å². The summed E-state index contributed by atoms with van der Waals surface area (Å²) in [4.78, 5) is 39.8. The average Bonchev–Trinajstić information content (AvgIpc) is 3.07. The Bertz CT molecular complexity index is 1060. The van der Waals surface area contributed by atoms with E-state index < -0.39 is 23.4 Å². The highest BCUT2D eigenvalue weighted by atomic mass is 16.5. The number of methoxy groups -OCH3 is 2. The monoisotopic (exact) mass is 421 g/mol. The van der Waals surface area contributed by atoms with Crippen LogP contribution in [0.2, 0.25) is 0 Å². The van der Waals surface area contributed by atoms with Crippen molar-refractivity contribution < 1.29 is 29.0 Å². The first-order valence-corrected chi connectivity index (χ1v) is 9.68. The van der Waals surface area contributed by atoms with Crippen LogP contribution in [0.15, 0.2) is 83.6 Å². The van der Waals surface area contributed by atoms with Crippen LogP contribution in [-0.2, 0) is 24.8 Å². The molecule has 0 aliphatic carbocycles. The van der Waals surface area contributed by atoms with Gasteiger partial charge in [0.25, 0.3) is 0 Å². The molecule has 2 aromatic rings. The maximum absolute atomic E-state index is 13.0. The second-order valence-corrected chi connectivity index (χ2v) is 6.78. The van der Waals surface area contributed by atoms with Gasteiger partial charge in [0.15, 0.2) is 11.5 Å². The fraction of sp³-hybridized carbons (Fsp3) is 0.208. The Morgan fingerprint density at radius 2 is 1.48 bits per heavy atom. The lowest BCUT2D eigenvalue weighted by molar-refractivity contribution is -0.142. The molecule has 0 radical (unpaired) electrons. The zero-order valence-corrected chi connectivity index (χ0v) is 17.5. The highest BCUT2D eigenvalue weighted by molar-refractivity contribution is 6.10. The normalized spacial score (nSPS) is 19.5. The number of carbonyl (C=O) groups is 3. The molecule has 160 valence electrons. The first-order chi connectivity index (χ1) is 14.9. The molecule has 0 saturated heterocycles. The Kier molecular flexibility index (Phi) is 6.36. The Hall–Kier alpha value is -3.71. The SMILES string of the molecule is CCN1C(C(=O)OC)=C(C(=O)OC)C(=CC(=O)c2ccccc2)C1(O)c1ccccc1. The van der Waals surface area contributed by atoms with Crippen molar-refractivity contribution in [2.75, 3.05) is 20.8 Å². The Labute approximate surface area is 180 Å². The lowest BCUT2D eigenvalue weighted by Crippen LogP contribution is -2.44. The molecule has 7 heteroatoms. The molecule has 1 atom stereocenters. The van der Waals surface area contributed by atoms with Crippen molar-refractivity contribution in [3.05, 3.63) is 94.7 Å². The van der Waals surface area contributed by atoms with Gasteiger partial charge in [0.05, 0.1) is 19.8 Å². The summed E-state index contributed by atoms with van der Waals surface area (Å²) in [6.45, 7) is 1.86. The topological polar surface area (TPSA) is 93.1 Å². The van der Waals surface area contributed by atoms with E-state index >= 15 is 0 Å². The summed E-state index contributed by atoms with van der Waals surface area (Å²) in [5.41, 5.74) is -1.66. The lowest BCUT2D eigenvalue weighted by atomic mass is 9.89. The first-order valence-electron chi connectivity index (χ1n) is 9.68. The van der Waals surface area contributed by atoms with E-state index in [1.54, 1.807) is 67.6 Å². The molecule has 0 spiro atoms. The van der Waals surface area contributed by atoms with Crippen molar-refractivity contribution in [2.45, 2.75) is 12.6 Å². The predicted octanol–water partition coefficient (Wildman–Crippen LogP) is 2.58. The van der Waals surface area contributed by atoms with Crippen LogP contribution in [-0.4, -0.2) is 48.5 Å². The van der Waals surface area contributed by atoms with Crippen molar-refractivity contribution in [3.63, 3.8) is 0 Å². The number of aliphatic hydroxyl groups is 1. The van der Waals surface area contributed by atoms with Gasteiger partial charge in [-0.2, -0.15) is 0 Å². The Morgan fingerprint density at radius 3 is 2.00 bits per heavy atom. The number of ketones is 1. The summed E-state index contributed by atoms with van der Waals surface area (Å²) < 4.78 is 9.79. The molecule has 3 rings (SSSR count). The van der Waals surface area contributed by atoms with Gasteiger partial charge in [-0.3, -0.25) is 4.79 Å². The number of carbonyl (C=O) groups excluding carboxylic acids is 3. The van der Waals surface area contributed by atoms with E-state index in [1.807, 2.05) is 0 Å². The van der Waals surface area contributed by atoms with E-state index in [-0.39, 0.29) is 23.4 Å². The molecule has 0 bridgehead atoms. The molecule has 0 aromatic heterocycles. The van der Waals surface area contributed by atoms with Crippen molar-refractivity contribution in [1.29, 1.82) is 0 Å². The number of esters is 2. The fourth-order valence-corrected chi connectivity index (χ4v) is 3.72. The van der Waals surface area contributed by atoms with Crippen molar-refractivity contribution in [2.24, 2.45) is 0 Å². The third-order valence-corrected chi connectivity index (χ3v) is 5.14. The van der Waals surface area contributed by atoms with E-state index in [4.69, 9.17) is 9.47 Å². The average molecular weight is 421 g/mol. The number of benzene rings is 2. The third-order valence-electron chi connectivity index (χ3n) is 5.14. The van der Waals surface area contributed by atoms with Gasteiger partial charge in [0.2, 0.25) is 0 Å². The molecule has 1 unspecified atom stereocenters. The summed E-state index contributed by atoms with van der Waals surface area (Å²) in [7, 11) is 2.34. The maximum Gasteiger partial charge on any atom is 0.355 e. The summed E-state index contributed by atoms with van der Waals surface area (Å²) in [6, 6.07) is 16.9. The van der Waals surface area contributed by atoms with Crippen molar-refractivity contribution >= 4 is 17.7 Å². The minimum atomic E-state index is -1.96. The van der Waals surface area contributed by atoms with Gasteiger partial charge in [-0.25, -0.2) is 9.59 Å². The Morgan fingerprint density at radius 1 is 0.935 bits per heavy atom. The summed E-state index contributed by atoms with van der Waals surface area (Å²) >= 11 is 0. The van der Waals surface area contributed by atoms with Crippen LogP contribution in [0.5, 0.6) is 0 Å². The molecule has 1 N–H and O–H groups in total. The summed E-state index contributed by atoms with van der Waals surface area (Å²) in [5.74, 6) is -2.13. The number of hydrogen-bond acceptors (Lipinski definition) is 7. The highest BCUT2D eigenvalue weighted by Crippen LogP contribution is 2.47. The molecule has 0 fully saturated rings. The molecule has 1 heterocycles. The largest absolute Gasteiger partial charge is 0.465 e. The smallest absolute Gasteiger partial charge is 0.355 e. The molecule has 31 heavy (non-hydrogen) atoms. The van der Waals surface area contributed by atoms with E-state index in [0.29, 0.717) is 11.1 Å². The second kappa shape index (κ2) is 8.97. The van der Waals surface area contributed by atoms with Crippen LogP contribution in [0, 0.1) is 0 Å². The molecular weight excluding hydrogens is 398 g/mol. The third kappa shape index (κ3) is 3.75. The lowest BCUT2D eigenvalue weighted by Gasteiger charge is -2.37. The highest BCUT2D eigenvalue weighted by Gasteiger charge is 2.53. The number of hydrogen-bond donors (Lipinski definition) is 1. The van der Waals surface area contributed by atoms with E-state index in [9.17, 15) is 19.5 Å². The maximum atomic E-state index is 13.0. The molecule has 0 saturated carbocycles. The van der Waals surface area contributed by atoms with Gasteiger partial charge in [-0.15, -0.1) is 0 Å². The quantitative estimate of drug-likeness (QED) is 0.435. The number of rotatable bonds is 6. The Balaban J connectivity index is 2.34. The van der Waals surface area contributed by atoms with E-state index in [1.165, 1.54) is 18.1 Å². The minimum Gasteiger partial charge on any atom is -0.465 e. The molecule has 1 aliphatic heterocycles. The van der Waals surface area contributed by atoms with Gasteiger partial charge in [-0.05, 0) is 13.0 Å². The summed E-state index contributed by atoms with van der Waals surface area (Å²) in [6.07, 6.45) is 1.17. The number of nitrogens with zero attached hydrogens (tertiary/aromatic N) is 1. The molecule has 1 aliphatic rings. The van der Waals surface area contributed by atoms with E-state index in [2.05, 4.69) is 0 Å². The van der Waals surface area contributed by atoms with Crippen LogP contribution in [0.4, 0.5) is 0 Å². The van der Waals surface area contributed by atoms with Gasteiger partial charge in [0, 0.05) is 23.2 Å². The van der Waals surface area contributed by atoms with Gasteiger partial charge >= 0.3 is 11.9 Å². The first kappa shape index (κ1) is 22.0. The minimum absolute atomic E-state index is 0.0540. The van der Waals surface area contributed by atoms with E-state index in [0.717, 1.165) is 7.11 Å².